The van der Waals surface area contributed by atoms with Gasteiger partial charge in [-0.05, 0) is 55.6 Å². The van der Waals surface area contributed by atoms with E-state index in [0.717, 1.165) is 54.3 Å². The van der Waals surface area contributed by atoms with Gasteiger partial charge in [0.05, 0.1) is 13.2 Å². The highest BCUT2D eigenvalue weighted by molar-refractivity contribution is 5.91. The molecule has 1 amide bonds. The highest BCUT2D eigenvalue weighted by Crippen LogP contribution is 2.42. The second kappa shape index (κ2) is 8.44. The van der Waals surface area contributed by atoms with Crippen molar-refractivity contribution in [2.24, 2.45) is 17.8 Å². The molecule has 1 N–H and O–H groups in total. The number of hydrogen-bond acceptors (Lipinski definition) is 3. The molecule has 1 aromatic carbocycles. The summed E-state index contributed by atoms with van der Waals surface area (Å²) in [5, 5.41) is 1.15. The van der Waals surface area contributed by atoms with Crippen molar-refractivity contribution < 1.29 is 14.3 Å². The maximum Gasteiger partial charge on any atom is 0.328 e. The van der Waals surface area contributed by atoms with E-state index < -0.39 is 6.04 Å². The first-order valence-electron chi connectivity index (χ1n) is 11.4. The van der Waals surface area contributed by atoms with Crippen LogP contribution in [0, 0.1) is 17.8 Å². The topological polar surface area (TPSA) is 62.4 Å². The molecule has 4 rings (SSSR count). The van der Waals surface area contributed by atoms with Gasteiger partial charge in [0, 0.05) is 28.9 Å². The zero-order valence-electron chi connectivity index (χ0n) is 18.6. The Kier molecular flexibility index (Phi) is 5.90. The lowest BCUT2D eigenvalue weighted by molar-refractivity contribution is -0.159. The number of ether oxygens (including phenoxy) is 1. The van der Waals surface area contributed by atoms with Crippen molar-refractivity contribution in [3.05, 3.63) is 35.5 Å². The molecule has 1 aliphatic carbocycles. The third-order valence-electron chi connectivity index (χ3n) is 7.04. The van der Waals surface area contributed by atoms with Crippen LogP contribution in [0.5, 0.6) is 0 Å². The smallest absolute Gasteiger partial charge is 0.328 e. The van der Waals surface area contributed by atoms with Gasteiger partial charge in [0.1, 0.15) is 6.04 Å². The molecular weight excluding hydrogens is 376 g/mol. The van der Waals surface area contributed by atoms with Gasteiger partial charge in [0.2, 0.25) is 5.91 Å². The van der Waals surface area contributed by atoms with E-state index in [1.54, 1.807) is 0 Å². The number of esters is 1. The molecule has 1 fully saturated rings. The number of amides is 1. The molecule has 2 unspecified atom stereocenters. The standard InChI is InChI=1S/C25H34N2O3/c1-15(2)13-21-23-19(18-7-5-6-8-20(18)26-23)14-22(25(29)30-4)27(21)24(28)17-11-9-16(3)10-12-17/h5-8,15-17,21-22,26H,9-14H2,1-4H3. The van der Waals surface area contributed by atoms with Crippen molar-refractivity contribution in [2.75, 3.05) is 7.11 Å². The van der Waals surface area contributed by atoms with Gasteiger partial charge < -0.3 is 14.6 Å². The number of rotatable bonds is 4. The maximum atomic E-state index is 13.8. The molecule has 30 heavy (non-hydrogen) atoms. The molecular formula is C25H34N2O3. The molecule has 162 valence electrons. The summed E-state index contributed by atoms with van der Waals surface area (Å²) in [6.07, 6.45) is 5.33. The normalized spacial score (nSPS) is 26.6. The quantitative estimate of drug-likeness (QED) is 0.721. The number of H-pyrrole nitrogens is 1. The van der Waals surface area contributed by atoms with Gasteiger partial charge in [0.15, 0.2) is 0 Å². The third-order valence-corrected chi connectivity index (χ3v) is 7.04. The highest BCUT2D eigenvalue weighted by atomic mass is 16.5. The molecule has 5 nitrogen and oxygen atoms in total. The fourth-order valence-electron chi connectivity index (χ4n) is 5.41. The Hall–Kier alpha value is -2.30. The molecule has 0 bridgehead atoms. The number of aromatic amines is 1. The van der Waals surface area contributed by atoms with Crippen LogP contribution in [0.3, 0.4) is 0 Å². The number of para-hydroxylation sites is 1. The number of nitrogens with one attached hydrogen (secondary N) is 1. The summed E-state index contributed by atoms with van der Waals surface area (Å²) >= 11 is 0. The summed E-state index contributed by atoms with van der Waals surface area (Å²) in [7, 11) is 1.43. The predicted molar refractivity (Wildman–Crippen MR) is 118 cm³/mol. The Morgan fingerprint density at radius 1 is 1.17 bits per heavy atom. The fraction of sp³-hybridized carbons (Fsp3) is 0.600. The van der Waals surface area contributed by atoms with Gasteiger partial charge in [-0.15, -0.1) is 0 Å². The third kappa shape index (κ3) is 3.75. The zero-order chi connectivity index (χ0) is 21.4. The first-order chi connectivity index (χ1) is 14.4. The van der Waals surface area contributed by atoms with Crippen LogP contribution in [0.25, 0.3) is 10.9 Å². The van der Waals surface area contributed by atoms with E-state index in [0.29, 0.717) is 18.3 Å². The molecule has 0 spiro atoms. The highest BCUT2D eigenvalue weighted by Gasteiger charge is 2.45. The molecule has 5 heteroatoms. The average molecular weight is 411 g/mol. The SMILES string of the molecule is COC(=O)C1Cc2c([nH]c3ccccc23)C(CC(C)C)N1C(=O)C1CCC(C)CC1. The van der Waals surface area contributed by atoms with Crippen LogP contribution >= 0.6 is 0 Å². The van der Waals surface area contributed by atoms with Gasteiger partial charge in [-0.3, -0.25) is 4.79 Å². The number of aromatic nitrogens is 1. The van der Waals surface area contributed by atoms with E-state index >= 15 is 0 Å². The fourth-order valence-corrected chi connectivity index (χ4v) is 5.41. The summed E-state index contributed by atoms with van der Waals surface area (Å²) < 4.78 is 5.19. The molecule has 2 atom stereocenters. The van der Waals surface area contributed by atoms with Crippen molar-refractivity contribution >= 4 is 22.8 Å². The van der Waals surface area contributed by atoms with Crippen LogP contribution in [0.4, 0.5) is 0 Å². The van der Waals surface area contributed by atoms with Gasteiger partial charge in [0.25, 0.3) is 0 Å². The zero-order valence-corrected chi connectivity index (χ0v) is 18.6. The Balaban J connectivity index is 1.79. The summed E-state index contributed by atoms with van der Waals surface area (Å²) in [6, 6.07) is 7.54. The van der Waals surface area contributed by atoms with E-state index in [4.69, 9.17) is 4.74 Å². The Bertz CT molecular complexity index is 924. The first-order valence-corrected chi connectivity index (χ1v) is 11.4. The predicted octanol–water partition coefficient (Wildman–Crippen LogP) is 5.01. The molecule has 1 aliphatic heterocycles. The lowest BCUT2D eigenvalue weighted by Gasteiger charge is -2.43. The second-order valence-electron chi connectivity index (χ2n) is 9.65. The van der Waals surface area contributed by atoms with Gasteiger partial charge >= 0.3 is 5.97 Å². The van der Waals surface area contributed by atoms with Crippen LogP contribution in [0.1, 0.15) is 70.2 Å². The molecule has 1 saturated carbocycles. The minimum Gasteiger partial charge on any atom is -0.467 e. The summed E-state index contributed by atoms with van der Waals surface area (Å²) in [5.74, 6) is 0.907. The van der Waals surface area contributed by atoms with Crippen LogP contribution in [-0.2, 0) is 20.7 Å². The Labute approximate surface area is 179 Å². The van der Waals surface area contributed by atoms with Crippen molar-refractivity contribution in [2.45, 2.75) is 71.4 Å². The summed E-state index contributed by atoms with van der Waals surface area (Å²) in [6.45, 7) is 6.61. The largest absolute Gasteiger partial charge is 0.467 e. The van der Waals surface area contributed by atoms with Crippen LogP contribution in [-0.4, -0.2) is 34.9 Å². The number of carbonyl (C=O) groups is 2. The van der Waals surface area contributed by atoms with Gasteiger partial charge in [-0.2, -0.15) is 0 Å². The number of methoxy groups -OCH3 is 1. The van der Waals surface area contributed by atoms with E-state index in [-0.39, 0.29) is 23.8 Å². The minimum atomic E-state index is -0.558. The molecule has 0 saturated heterocycles. The molecule has 2 heterocycles. The van der Waals surface area contributed by atoms with Crippen LogP contribution in [0.2, 0.25) is 0 Å². The van der Waals surface area contributed by atoms with Crippen molar-refractivity contribution in [1.82, 2.24) is 9.88 Å². The monoisotopic (exact) mass is 410 g/mol. The second-order valence-corrected chi connectivity index (χ2v) is 9.65. The van der Waals surface area contributed by atoms with Crippen molar-refractivity contribution in [3.63, 3.8) is 0 Å². The average Bonchev–Trinajstić information content (AvgIpc) is 3.11. The summed E-state index contributed by atoms with van der Waals surface area (Å²) in [5.41, 5.74) is 3.33. The Morgan fingerprint density at radius 3 is 2.53 bits per heavy atom. The lowest BCUT2D eigenvalue weighted by atomic mass is 9.80. The maximum absolute atomic E-state index is 13.8. The number of hydrogen-bond donors (Lipinski definition) is 1. The molecule has 2 aliphatic rings. The van der Waals surface area contributed by atoms with E-state index in [9.17, 15) is 9.59 Å². The number of carbonyl (C=O) groups excluding carboxylic acids is 2. The minimum absolute atomic E-state index is 0.00828. The lowest BCUT2D eigenvalue weighted by Crippen LogP contribution is -2.53. The van der Waals surface area contributed by atoms with Gasteiger partial charge in [-0.25, -0.2) is 4.79 Å². The van der Waals surface area contributed by atoms with Crippen molar-refractivity contribution in [1.29, 1.82) is 0 Å². The first kappa shape index (κ1) is 21.0. The van der Waals surface area contributed by atoms with Crippen LogP contribution in [0.15, 0.2) is 24.3 Å². The number of nitrogens with zero attached hydrogens (tertiary/aromatic N) is 1. The van der Waals surface area contributed by atoms with Gasteiger partial charge in [-0.1, -0.05) is 39.0 Å². The summed E-state index contributed by atoms with van der Waals surface area (Å²) in [4.78, 5) is 32.2. The van der Waals surface area contributed by atoms with E-state index in [2.05, 4.69) is 37.9 Å². The molecule has 1 aromatic heterocycles. The van der Waals surface area contributed by atoms with E-state index in [1.807, 2.05) is 17.0 Å². The number of fused-ring (bicyclic) bond motifs is 3. The number of benzene rings is 1. The Morgan fingerprint density at radius 2 is 1.87 bits per heavy atom. The molecule has 0 radical (unpaired) electrons. The molecule has 2 aromatic rings. The van der Waals surface area contributed by atoms with E-state index in [1.165, 1.54) is 7.11 Å². The van der Waals surface area contributed by atoms with Crippen molar-refractivity contribution in [3.8, 4) is 0 Å². The van der Waals surface area contributed by atoms with Crippen LogP contribution < -0.4 is 0 Å².